The molecule has 2 rings (SSSR count). The van der Waals surface area contributed by atoms with Crippen LogP contribution in [0.25, 0.3) is 0 Å². The van der Waals surface area contributed by atoms with Crippen LogP contribution >= 0.6 is 0 Å². The molecule has 0 heterocycles. The van der Waals surface area contributed by atoms with Gasteiger partial charge >= 0.3 is 0 Å². The van der Waals surface area contributed by atoms with E-state index in [1.165, 1.54) is 5.56 Å². The van der Waals surface area contributed by atoms with Gasteiger partial charge < -0.3 is 15.2 Å². The lowest BCUT2D eigenvalue weighted by molar-refractivity contribution is 0.269. The highest BCUT2D eigenvalue weighted by molar-refractivity contribution is 5.43. The lowest BCUT2D eigenvalue weighted by Gasteiger charge is -2.15. The van der Waals surface area contributed by atoms with E-state index in [0.717, 1.165) is 29.9 Å². The molecule has 0 aromatic heterocycles. The van der Waals surface area contributed by atoms with Crippen LogP contribution in [0.3, 0.4) is 0 Å². The summed E-state index contributed by atoms with van der Waals surface area (Å²) in [6.07, 6.45) is 1.83. The minimum absolute atomic E-state index is 0.186. The van der Waals surface area contributed by atoms with E-state index >= 15 is 0 Å². The van der Waals surface area contributed by atoms with Gasteiger partial charge in [0.25, 0.3) is 0 Å². The second-order valence-corrected chi connectivity index (χ2v) is 5.36. The fraction of sp³-hybridized carbons (Fsp3) is 0.368. The zero-order chi connectivity index (χ0) is 15.8. The quantitative estimate of drug-likeness (QED) is 0.803. The second kappa shape index (κ2) is 8.44. The average Bonchev–Trinajstić information content (AvgIpc) is 2.55. The van der Waals surface area contributed by atoms with Crippen LogP contribution in [0.5, 0.6) is 11.5 Å². The first-order valence-corrected chi connectivity index (χ1v) is 7.91. The first-order chi connectivity index (χ1) is 10.7. The lowest BCUT2D eigenvalue weighted by Crippen LogP contribution is -2.21. The van der Waals surface area contributed by atoms with Crippen LogP contribution in [0.4, 0.5) is 0 Å². The van der Waals surface area contributed by atoms with Crippen molar-refractivity contribution in [2.24, 2.45) is 5.73 Å². The van der Waals surface area contributed by atoms with Crippen LogP contribution in [-0.2, 0) is 13.0 Å². The Morgan fingerprint density at radius 2 is 1.68 bits per heavy atom. The predicted octanol–water partition coefficient (Wildman–Crippen LogP) is 3.94. The Balaban J connectivity index is 2.09. The van der Waals surface area contributed by atoms with Crippen LogP contribution in [0.15, 0.2) is 48.5 Å². The van der Waals surface area contributed by atoms with Crippen LogP contribution in [-0.4, -0.2) is 12.6 Å². The van der Waals surface area contributed by atoms with Crippen molar-refractivity contribution in [2.75, 3.05) is 6.61 Å². The summed E-state index contributed by atoms with van der Waals surface area (Å²) in [5.41, 5.74) is 8.36. The molecule has 0 radical (unpaired) electrons. The third-order valence-electron chi connectivity index (χ3n) is 3.57. The molecule has 22 heavy (non-hydrogen) atoms. The Hall–Kier alpha value is -2.00. The Kier molecular flexibility index (Phi) is 6.28. The Bertz CT molecular complexity index is 569. The largest absolute Gasteiger partial charge is 0.490 e. The summed E-state index contributed by atoms with van der Waals surface area (Å²) < 4.78 is 11.6. The van der Waals surface area contributed by atoms with Gasteiger partial charge in [-0.2, -0.15) is 0 Å². The van der Waals surface area contributed by atoms with E-state index in [0.29, 0.717) is 13.2 Å². The molecule has 0 aliphatic carbocycles. The Morgan fingerprint density at radius 3 is 2.36 bits per heavy atom. The molecule has 0 saturated heterocycles. The summed E-state index contributed by atoms with van der Waals surface area (Å²) in [4.78, 5) is 0. The molecule has 2 aromatic rings. The normalized spacial score (nSPS) is 12.0. The van der Waals surface area contributed by atoms with Gasteiger partial charge in [0, 0.05) is 6.04 Å². The Labute approximate surface area is 133 Å². The number of nitrogens with two attached hydrogens (primary N) is 1. The summed E-state index contributed by atoms with van der Waals surface area (Å²) in [6, 6.07) is 16.4. The molecule has 0 amide bonds. The predicted molar refractivity (Wildman–Crippen MR) is 90.4 cm³/mol. The average molecular weight is 299 g/mol. The molecule has 0 aliphatic heterocycles. The van der Waals surface area contributed by atoms with Gasteiger partial charge in [0.1, 0.15) is 6.61 Å². The van der Waals surface area contributed by atoms with Gasteiger partial charge in [-0.3, -0.25) is 0 Å². The van der Waals surface area contributed by atoms with Gasteiger partial charge in [-0.05, 0) is 43.0 Å². The molecular formula is C19H25NO2. The van der Waals surface area contributed by atoms with Crippen molar-refractivity contribution in [3.05, 3.63) is 59.7 Å². The summed E-state index contributed by atoms with van der Waals surface area (Å²) in [5, 5.41) is 0. The molecule has 2 aromatic carbocycles. The molecule has 0 fully saturated rings. The van der Waals surface area contributed by atoms with Crippen LogP contribution in [0.2, 0.25) is 0 Å². The summed E-state index contributed by atoms with van der Waals surface area (Å²) in [6.45, 7) is 5.23. The first-order valence-electron chi connectivity index (χ1n) is 7.91. The first kappa shape index (κ1) is 16.4. The van der Waals surface area contributed by atoms with Crippen molar-refractivity contribution < 1.29 is 9.47 Å². The van der Waals surface area contributed by atoms with E-state index in [4.69, 9.17) is 15.2 Å². The second-order valence-electron chi connectivity index (χ2n) is 5.36. The maximum atomic E-state index is 6.03. The van der Waals surface area contributed by atoms with Crippen molar-refractivity contribution in [3.8, 4) is 11.5 Å². The van der Waals surface area contributed by atoms with Crippen molar-refractivity contribution in [1.29, 1.82) is 0 Å². The molecule has 0 spiro atoms. The number of ether oxygens (including phenoxy) is 2. The number of rotatable bonds is 8. The Morgan fingerprint density at radius 1 is 0.909 bits per heavy atom. The summed E-state index contributed by atoms with van der Waals surface area (Å²) in [5.74, 6) is 1.57. The molecule has 1 atom stereocenters. The van der Waals surface area contributed by atoms with Crippen LogP contribution < -0.4 is 15.2 Å². The lowest BCUT2D eigenvalue weighted by atomic mass is 10.0. The topological polar surface area (TPSA) is 44.5 Å². The number of benzene rings is 2. The van der Waals surface area contributed by atoms with Crippen molar-refractivity contribution in [2.45, 2.75) is 39.3 Å². The SMILES string of the molecule is CCOc1cc(CC(N)CC)ccc1OCc1ccccc1. The molecule has 1 unspecified atom stereocenters. The van der Waals surface area contributed by atoms with Gasteiger partial charge in [0.05, 0.1) is 6.61 Å². The summed E-state index contributed by atoms with van der Waals surface area (Å²) >= 11 is 0. The van der Waals surface area contributed by atoms with Gasteiger partial charge in [0.2, 0.25) is 0 Å². The minimum Gasteiger partial charge on any atom is -0.490 e. The minimum atomic E-state index is 0.186. The van der Waals surface area contributed by atoms with Crippen molar-refractivity contribution in [3.63, 3.8) is 0 Å². The maximum Gasteiger partial charge on any atom is 0.161 e. The van der Waals surface area contributed by atoms with Crippen molar-refractivity contribution >= 4 is 0 Å². The standard InChI is InChI=1S/C19H25NO2/c1-3-17(20)12-16-10-11-18(19(13-16)21-4-2)22-14-15-8-6-5-7-9-15/h5-11,13,17H,3-4,12,14,20H2,1-2H3. The fourth-order valence-corrected chi connectivity index (χ4v) is 2.25. The van der Waals surface area contributed by atoms with Gasteiger partial charge in [0.15, 0.2) is 11.5 Å². The van der Waals surface area contributed by atoms with Crippen molar-refractivity contribution in [1.82, 2.24) is 0 Å². The van der Waals surface area contributed by atoms with E-state index in [1.807, 2.05) is 37.3 Å². The summed E-state index contributed by atoms with van der Waals surface area (Å²) in [7, 11) is 0. The highest BCUT2D eigenvalue weighted by Gasteiger charge is 2.09. The van der Waals surface area contributed by atoms with E-state index < -0.39 is 0 Å². The molecule has 3 heteroatoms. The molecule has 2 N–H and O–H groups in total. The van der Waals surface area contributed by atoms with E-state index in [1.54, 1.807) is 0 Å². The third-order valence-corrected chi connectivity index (χ3v) is 3.57. The van der Waals surface area contributed by atoms with Gasteiger partial charge in [-0.15, -0.1) is 0 Å². The van der Waals surface area contributed by atoms with Gasteiger partial charge in [-0.25, -0.2) is 0 Å². The zero-order valence-electron chi connectivity index (χ0n) is 13.4. The maximum absolute atomic E-state index is 6.03. The van der Waals surface area contributed by atoms with E-state index in [-0.39, 0.29) is 6.04 Å². The highest BCUT2D eigenvalue weighted by atomic mass is 16.5. The molecular weight excluding hydrogens is 274 g/mol. The number of hydrogen-bond acceptors (Lipinski definition) is 3. The van der Waals surface area contributed by atoms with E-state index in [9.17, 15) is 0 Å². The fourth-order valence-electron chi connectivity index (χ4n) is 2.25. The molecule has 0 saturated carbocycles. The molecule has 0 aliphatic rings. The number of hydrogen-bond donors (Lipinski definition) is 1. The van der Waals surface area contributed by atoms with Crippen LogP contribution in [0.1, 0.15) is 31.4 Å². The smallest absolute Gasteiger partial charge is 0.161 e. The molecule has 118 valence electrons. The van der Waals surface area contributed by atoms with Crippen LogP contribution in [0, 0.1) is 0 Å². The third kappa shape index (κ3) is 4.78. The zero-order valence-corrected chi connectivity index (χ0v) is 13.4. The monoisotopic (exact) mass is 299 g/mol. The molecule has 0 bridgehead atoms. The molecule has 3 nitrogen and oxygen atoms in total. The highest BCUT2D eigenvalue weighted by Crippen LogP contribution is 2.29. The van der Waals surface area contributed by atoms with Gasteiger partial charge in [-0.1, -0.05) is 43.3 Å². The van der Waals surface area contributed by atoms with E-state index in [2.05, 4.69) is 25.1 Å².